The fraction of sp³-hybridized carbons (Fsp3) is 0.857. The molecule has 4 rings (SSSR count). The number of nitrogens with two attached hydrogens (primary N) is 2. The highest BCUT2D eigenvalue weighted by molar-refractivity contribution is 6.25. The molecule has 4 N–H and O–H groups in total. The molecule has 0 aromatic carbocycles. The van der Waals surface area contributed by atoms with Crippen molar-refractivity contribution in [3.63, 3.8) is 0 Å². The summed E-state index contributed by atoms with van der Waals surface area (Å²) in [6.07, 6.45) is 2.76. The maximum absolute atomic E-state index is 8.93. The standard InChI is InChI=1S/2C6H11NO.C2H2O4/c2*1-2-7-3-6(1)4-8-5-6;3-1(4)2(5)6/h2*7H,1-5H2;(H,3,4)(H,5,6). The van der Waals surface area contributed by atoms with Gasteiger partial charge in [-0.3, -0.25) is 0 Å². The molecule has 0 unspecified atom stereocenters. The van der Waals surface area contributed by atoms with Crippen molar-refractivity contribution in [2.45, 2.75) is 12.8 Å². The van der Waals surface area contributed by atoms with Crippen molar-refractivity contribution < 1.29 is 39.9 Å². The van der Waals surface area contributed by atoms with E-state index in [1.165, 1.54) is 39.0 Å². The maximum atomic E-state index is 8.93. The van der Waals surface area contributed by atoms with Crippen LogP contribution in [0.25, 0.3) is 0 Å². The Balaban J connectivity index is 0.000000123. The second-order valence-corrected chi connectivity index (χ2v) is 6.62. The molecule has 0 aromatic rings. The van der Waals surface area contributed by atoms with E-state index in [0.717, 1.165) is 26.4 Å². The molecule has 0 aromatic heterocycles. The molecule has 0 radical (unpaired) electrons. The minimum atomic E-state index is -2.19. The number of carboxylic acid groups (broad SMARTS) is 2. The summed E-state index contributed by atoms with van der Waals surface area (Å²) >= 11 is 0. The number of quaternary nitrogens is 2. The van der Waals surface area contributed by atoms with E-state index < -0.39 is 11.9 Å². The Morgan fingerprint density at radius 1 is 0.773 bits per heavy atom. The first-order chi connectivity index (χ1) is 10.5. The largest absolute Gasteiger partial charge is 0.543 e. The molecule has 4 saturated heterocycles. The summed E-state index contributed by atoms with van der Waals surface area (Å²) in [5.74, 6) is -4.37. The van der Waals surface area contributed by atoms with Gasteiger partial charge in [0.05, 0.1) is 75.4 Å². The number of carbonyl (C=O) groups excluding carboxylic acids is 2. The summed E-state index contributed by atoms with van der Waals surface area (Å²) in [5, 5.41) is 22.6. The van der Waals surface area contributed by atoms with Crippen molar-refractivity contribution in [1.82, 2.24) is 0 Å². The predicted octanol–water partition coefficient (Wildman–Crippen LogP) is -5.57. The van der Waals surface area contributed by atoms with E-state index in [2.05, 4.69) is 10.6 Å². The van der Waals surface area contributed by atoms with Gasteiger partial charge in [0.15, 0.2) is 0 Å². The SMILES string of the molecule is C1CC2(C[NH2+]1)COC2.C1CC2(C[NH2+]1)COC2.O=C([O-])C(=O)[O-]. The molecule has 0 atom stereocenters. The van der Waals surface area contributed by atoms with Gasteiger partial charge in [-0.15, -0.1) is 0 Å². The van der Waals surface area contributed by atoms with Gasteiger partial charge in [0.25, 0.3) is 0 Å². The number of aliphatic carboxylic acids is 2. The molecule has 4 heterocycles. The van der Waals surface area contributed by atoms with Gasteiger partial charge in [0.1, 0.15) is 0 Å². The lowest BCUT2D eigenvalue weighted by atomic mass is 9.85. The van der Waals surface area contributed by atoms with E-state index >= 15 is 0 Å². The lowest BCUT2D eigenvalue weighted by Gasteiger charge is -2.34. The maximum Gasteiger partial charge on any atom is 0.0870 e. The van der Waals surface area contributed by atoms with Crippen LogP contribution in [0.2, 0.25) is 0 Å². The van der Waals surface area contributed by atoms with Gasteiger partial charge in [0.2, 0.25) is 0 Å². The van der Waals surface area contributed by atoms with Gasteiger partial charge in [-0.2, -0.15) is 0 Å². The van der Waals surface area contributed by atoms with Crippen LogP contribution < -0.4 is 20.8 Å². The first kappa shape index (κ1) is 17.1. The summed E-state index contributed by atoms with van der Waals surface area (Å²) in [5.41, 5.74) is 1.28. The first-order valence-electron chi connectivity index (χ1n) is 7.68. The number of carboxylic acids is 2. The van der Waals surface area contributed by atoms with E-state index in [4.69, 9.17) is 29.3 Å². The summed E-state index contributed by atoms with van der Waals surface area (Å²) in [4.78, 5) is 17.9. The Kier molecular flexibility index (Phi) is 5.74. The number of hydrogen-bond donors (Lipinski definition) is 2. The Morgan fingerprint density at radius 2 is 1.14 bits per heavy atom. The average Bonchev–Trinajstić information content (AvgIpc) is 3.08. The molecule has 4 aliphatic rings. The van der Waals surface area contributed by atoms with Crippen LogP contribution in [0.1, 0.15) is 12.8 Å². The fourth-order valence-electron chi connectivity index (χ4n) is 3.14. The van der Waals surface area contributed by atoms with Crippen LogP contribution in [0.3, 0.4) is 0 Å². The van der Waals surface area contributed by atoms with E-state index in [9.17, 15) is 0 Å². The zero-order valence-electron chi connectivity index (χ0n) is 12.7. The van der Waals surface area contributed by atoms with Crippen LogP contribution in [0.4, 0.5) is 0 Å². The van der Waals surface area contributed by atoms with E-state index in [1.54, 1.807) is 0 Å². The predicted molar refractivity (Wildman–Crippen MR) is 69.1 cm³/mol. The lowest BCUT2D eigenvalue weighted by molar-refractivity contribution is -0.643. The van der Waals surface area contributed by atoms with Crippen LogP contribution >= 0.6 is 0 Å². The highest BCUT2D eigenvalue weighted by Crippen LogP contribution is 2.31. The highest BCUT2D eigenvalue weighted by atomic mass is 16.5. The van der Waals surface area contributed by atoms with E-state index in [-0.39, 0.29) is 0 Å². The summed E-state index contributed by atoms with van der Waals surface area (Å²) in [7, 11) is 0. The fourth-order valence-corrected chi connectivity index (χ4v) is 3.14. The molecule has 0 aliphatic carbocycles. The second-order valence-electron chi connectivity index (χ2n) is 6.62. The molecular weight excluding hydrogens is 292 g/mol. The van der Waals surface area contributed by atoms with Gasteiger partial charge in [-0.05, 0) is 0 Å². The quantitative estimate of drug-likeness (QED) is 0.428. The topological polar surface area (TPSA) is 132 Å². The molecule has 22 heavy (non-hydrogen) atoms. The smallest absolute Gasteiger partial charge is 0.0870 e. The van der Waals surface area contributed by atoms with Crippen LogP contribution in [-0.2, 0) is 19.1 Å². The minimum Gasteiger partial charge on any atom is -0.543 e. The average molecular weight is 316 g/mol. The third kappa shape index (κ3) is 4.39. The van der Waals surface area contributed by atoms with Gasteiger partial charge in [0, 0.05) is 12.8 Å². The molecule has 8 nitrogen and oxygen atoms in total. The molecule has 126 valence electrons. The Hall–Kier alpha value is -1.22. The molecule has 4 fully saturated rings. The minimum absolute atomic E-state index is 0.639. The van der Waals surface area contributed by atoms with Gasteiger partial charge in [-0.25, -0.2) is 0 Å². The van der Waals surface area contributed by atoms with Gasteiger partial charge < -0.3 is 39.9 Å². The van der Waals surface area contributed by atoms with Gasteiger partial charge in [-0.1, -0.05) is 0 Å². The number of rotatable bonds is 0. The Bertz CT molecular complexity index is 352. The van der Waals surface area contributed by atoms with Crippen LogP contribution in [-0.4, -0.2) is 64.5 Å². The summed E-state index contributed by atoms with van der Waals surface area (Å²) < 4.78 is 10.3. The van der Waals surface area contributed by atoms with Crippen LogP contribution in [0.5, 0.6) is 0 Å². The first-order valence-corrected chi connectivity index (χ1v) is 7.68. The molecule has 0 amide bonds. The van der Waals surface area contributed by atoms with Crippen molar-refractivity contribution >= 4 is 11.9 Å². The van der Waals surface area contributed by atoms with E-state index in [0.29, 0.717) is 10.8 Å². The van der Waals surface area contributed by atoms with Gasteiger partial charge >= 0.3 is 0 Å². The van der Waals surface area contributed by atoms with Crippen LogP contribution in [0, 0.1) is 10.8 Å². The summed E-state index contributed by atoms with van der Waals surface area (Å²) in [6.45, 7) is 9.40. The number of carbonyl (C=O) groups is 2. The van der Waals surface area contributed by atoms with Crippen LogP contribution in [0.15, 0.2) is 0 Å². The monoisotopic (exact) mass is 316 g/mol. The molecular formula is C14H24N2O6. The molecule has 0 saturated carbocycles. The Labute approximate surface area is 129 Å². The highest BCUT2D eigenvalue weighted by Gasteiger charge is 2.44. The van der Waals surface area contributed by atoms with Crippen molar-refractivity contribution in [3.05, 3.63) is 0 Å². The zero-order chi connectivity index (χ0) is 16.1. The van der Waals surface area contributed by atoms with Crippen molar-refractivity contribution in [3.8, 4) is 0 Å². The molecule has 2 spiro atoms. The van der Waals surface area contributed by atoms with Crippen molar-refractivity contribution in [2.24, 2.45) is 10.8 Å². The third-order valence-corrected chi connectivity index (χ3v) is 4.71. The number of ether oxygens (including phenoxy) is 2. The zero-order valence-corrected chi connectivity index (χ0v) is 12.7. The van der Waals surface area contributed by atoms with Crippen molar-refractivity contribution in [2.75, 3.05) is 52.6 Å². The summed E-state index contributed by atoms with van der Waals surface area (Å²) in [6, 6.07) is 0. The Morgan fingerprint density at radius 3 is 1.23 bits per heavy atom. The lowest BCUT2D eigenvalue weighted by Crippen LogP contribution is -2.82. The molecule has 4 aliphatic heterocycles. The normalized spacial score (nSPS) is 26.0. The molecule has 8 heteroatoms. The van der Waals surface area contributed by atoms with Crippen molar-refractivity contribution in [1.29, 1.82) is 0 Å². The third-order valence-electron chi connectivity index (χ3n) is 4.71. The van der Waals surface area contributed by atoms with E-state index in [1.807, 2.05) is 0 Å². The molecule has 0 bridgehead atoms. The number of hydrogen-bond acceptors (Lipinski definition) is 6. The second kappa shape index (κ2) is 7.36.